The van der Waals surface area contributed by atoms with E-state index in [2.05, 4.69) is 27.8 Å². The van der Waals surface area contributed by atoms with Crippen molar-refractivity contribution in [2.24, 2.45) is 0 Å². The number of nitrogens with zero attached hydrogens (tertiary/aromatic N) is 3. The molecule has 0 unspecified atom stereocenters. The van der Waals surface area contributed by atoms with E-state index in [9.17, 15) is 0 Å². The first-order chi connectivity index (χ1) is 9.67. The molecule has 0 atom stereocenters. The Bertz CT molecular complexity index is 434. The van der Waals surface area contributed by atoms with Crippen molar-refractivity contribution in [1.82, 2.24) is 9.88 Å². The minimum absolute atomic E-state index is 0.321. The van der Waals surface area contributed by atoms with Gasteiger partial charge in [0.25, 0.3) is 0 Å². The van der Waals surface area contributed by atoms with Gasteiger partial charge in [-0.1, -0.05) is 0 Å². The second-order valence-electron chi connectivity index (χ2n) is 6.02. The zero-order valence-corrected chi connectivity index (χ0v) is 12.2. The van der Waals surface area contributed by atoms with E-state index >= 15 is 0 Å². The van der Waals surface area contributed by atoms with Crippen LogP contribution in [0.25, 0.3) is 0 Å². The average molecular weight is 276 g/mol. The van der Waals surface area contributed by atoms with Gasteiger partial charge in [-0.2, -0.15) is 0 Å². The van der Waals surface area contributed by atoms with Crippen molar-refractivity contribution in [3.8, 4) is 0 Å². The van der Waals surface area contributed by atoms with Gasteiger partial charge < -0.3 is 15.4 Å². The standard InChI is InChI=1S/C15H24N4O/c1-15(19-8-10-20-11-9-19)4-6-18(7-5-15)13-2-3-14(16)17-12-13/h2-3,12H,4-11H2,1H3,(H2,16,17). The molecule has 2 aliphatic rings. The predicted octanol–water partition coefficient (Wildman–Crippen LogP) is 1.35. The number of aromatic nitrogens is 1. The Labute approximate surface area is 120 Å². The highest BCUT2D eigenvalue weighted by molar-refractivity contribution is 5.48. The van der Waals surface area contributed by atoms with E-state index in [0.29, 0.717) is 11.4 Å². The van der Waals surface area contributed by atoms with Crippen molar-refractivity contribution in [2.75, 3.05) is 50.0 Å². The third-order valence-corrected chi connectivity index (χ3v) is 4.75. The Hall–Kier alpha value is -1.33. The molecule has 2 fully saturated rings. The second-order valence-corrected chi connectivity index (χ2v) is 6.02. The highest BCUT2D eigenvalue weighted by Crippen LogP contribution is 2.31. The minimum atomic E-state index is 0.321. The average Bonchev–Trinajstić information content (AvgIpc) is 2.50. The van der Waals surface area contributed by atoms with Gasteiger partial charge in [-0.15, -0.1) is 0 Å². The van der Waals surface area contributed by atoms with Crippen LogP contribution < -0.4 is 10.6 Å². The number of rotatable bonds is 2. The van der Waals surface area contributed by atoms with Gasteiger partial charge in [0.2, 0.25) is 0 Å². The molecular weight excluding hydrogens is 252 g/mol. The largest absolute Gasteiger partial charge is 0.384 e. The molecule has 5 nitrogen and oxygen atoms in total. The second kappa shape index (κ2) is 5.58. The third-order valence-electron chi connectivity index (χ3n) is 4.75. The number of hydrogen-bond donors (Lipinski definition) is 1. The highest BCUT2D eigenvalue weighted by Gasteiger charge is 2.36. The Balaban J connectivity index is 1.62. The fourth-order valence-electron chi connectivity index (χ4n) is 3.25. The van der Waals surface area contributed by atoms with E-state index in [0.717, 1.165) is 39.4 Å². The zero-order valence-electron chi connectivity index (χ0n) is 12.2. The molecule has 2 saturated heterocycles. The van der Waals surface area contributed by atoms with Crippen LogP contribution in [0.3, 0.4) is 0 Å². The summed E-state index contributed by atoms with van der Waals surface area (Å²) in [7, 11) is 0. The number of anilines is 2. The maximum absolute atomic E-state index is 5.65. The van der Waals surface area contributed by atoms with Crippen molar-refractivity contribution in [2.45, 2.75) is 25.3 Å². The molecule has 20 heavy (non-hydrogen) atoms. The molecule has 0 saturated carbocycles. The van der Waals surface area contributed by atoms with Gasteiger partial charge in [0.15, 0.2) is 0 Å². The number of morpholine rings is 1. The van der Waals surface area contributed by atoms with Crippen LogP contribution in [-0.2, 0) is 4.74 Å². The summed E-state index contributed by atoms with van der Waals surface area (Å²) < 4.78 is 5.46. The van der Waals surface area contributed by atoms with Crippen LogP contribution in [0, 0.1) is 0 Å². The molecule has 2 N–H and O–H groups in total. The fraction of sp³-hybridized carbons (Fsp3) is 0.667. The summed E-state index contributed by atoms with van der Waals surface area (Å²) in [6.07, 6.45) is 4.27. The van der Waals surface area contributed by atoms with E-state index in [-0.39, 0.29) is 0 Å². The lowest BCUT2D eigenvalue weighted by Crippen LogP contribution is -2.56. The van der Waals surface area contributed by atoms with Crippen LogP contribution in [-0.4, -0.2) is 54.8 Å². The maximum Gasteiger partial charge on any atom is 0.123 e. The van der Waals surface area contributed by atoms with Gasteiger partial charge in [0.1, 0.15) is 5.82 Å². The van der Waals surface area contributed by atoms with E-state index < -0.39 is 0 Å². The molecule has 0 aliphatic carbocycles. The lowest BCUT2D eigenvalue weighted by Gasteiger charge is -2.48. The third kappa shape index (κ3) is 2.74. The van der Waals surface area contributed by atoms with Crippen molar-refractivity contribution in [3.05, 3.63) is 18.3 Å². The molecule has 1 aromatic heterocycles. The first-order valence-corrected chi connectivity index (χ1v) is 7.47. The molecule has 0 spiro atoms. The SMILES string of the molecule is CC1(N2CCOCC2)CCN(c2ccc(N)nc2)CC1. The van der Waals surface area contributed by atoms with Crippen LogP contribution in [0.4, 0.5) is 11.5 Å². The molecule has 0 radical (unpaired) electrons. The van der Waals surface area contributed by atoms with Crippen LogP contribution in [0.1, 0.15) is 19.8 Å². The highest BCUT2D eigenvalue weighted by atomic mass is 16.5. The molecule has 0 aromatic carbocycles. The monoisotopic (exact) mass is 276 g/mol. The molecule has 3 heterocycles. The van der Waals surface area contributed by atoms with Crippen LogP contribution in [0.2, 0.25) is 0 Å². The number of hydrogen-bond acceptors (Lipinski definition) is 5. The number of nitrogens with two attached hydrogens (primary N) is 1. The lowest BCUT2D eigenvalue weighted by atomic mass is 9.87. The van der Waals surface area contributed by atoms with E-state index in [1.54, 1.807) is 0 Å². The molecule has 0 bridgehead atoms. The molecule has 5 heteroatoms. The summed E-state index contributed by atoms with van der Waals surface area (Å²) in [4.78, 5) is 9.21. The van der Waals surface area contributed by atoms with Crippen molar-refractivity contribution < 1.29 is 4.74 Å². The normalized spacial score (nSPS) is 23.8. The first kappa shape index (κ1) is 13.6. The van der Waals surface area contributed by atoms with Gasteiger partial charge in [-0.25, -0.2) is 4.98 Å². The Morgan fingerprint density at radius 2 is 1.85 bits per heavy atom. The summed E-state index contributed by atoms with van der Waals surface area (Å²) in [5.74, 6) is 0.587. The quantitative estimate of drug-likeness (QED) is 0.884. The van der Waals surface area contributed by atoms with Crippen molar-refractivity contribution in [1.29, 1.82) is 0 Å². The topological polar surface area (TPSA) is 54.6 Å². The Morgan fingerprint density at radius 3 is 2.45 bits per heavy atom. The van der Waals surface area contributed by atoms with E-state index in [1.165, 1.54) is 18.5 Å². The van der Waals surface area contributed by atoms with Gasteiger partial charge >= 0.3 is 0 Å². The Morgan fingerprint density at radius 1 is 1.15 bits per heavy atom. The molecule has 1 aromatic rings. The molecule has 0 amide bonds. The fourth-order valence-corrected chi connectivity index (χ4v) is 3.25. The Kier molecular flexibility index (Phi) is 3.81. The van der Waals surface area contributed by atoms with E-state index in [1.807, 2.05) is 12.3 Å². The number of piperidine rings is 1. The molecule has 2 aliphatic heterocycles. The smallest absolute Gasteiger partial charge is 0.123 e. The maximum atomic E-state index is 5.65. The van der Waals surface area contributed by atoms with Gasteiger partial charge in [0.05, 0.1) is 25.1 Å². The molecule has 110 valence electrons. The first-order valence-electron chi connectivity index (χ1n) is 7.47. The summed E-state index contributed by atoms with van der Waals surface area (Å²) in [6.45, 7) is 8.46. The van der Waals surface area contributed by atoms with Crippen LogP contribution >= 0.6 is 0 Å². The summed E-state index contributed by atoms with van der Waals surface area (Å²) in [6, 6.07) is 3.95. The van der Waals surface area contributed by atoms with Crippen LogP contribution in [0.15, 0.2) is 18.3 Å². The number of ether oxygens (including phenoxy) is 1. The van der Waals surface area contributed by atoms with Gasteiger partial charge in [-0.05, 0) is 31.9 Å². The van der Waals surface area contributed by atoms with Crippen molar-refractivity contribution >= 4 is 11.5 Å². The summed E-state index contributed by atoms with van der Waals surface area (Å²) >= 11 is 0. The van der Waals surface area contributed by atoms with Gasteiger partial charge in [0, 0.05) is 31.7 Å². The molecule has 3 rings (SSSR count). The zero-order chi connectivity index (χ0) is 14.0. The molecular formula is C15H24N4O. The minimum Gasteiger partial charge on any atom is -0.384 e. The summed E-state index contributed by atoms with van der Waals surface area (Å²) in [5, 5.41) is 0. The van der Waals surface area contributed by atoms with E-state index in [4.69, 9.17) is 10.5 Å². The predicted molar refractivity (Wildman–Crippen MR) is 80.9 cm³/mol. The summed E-state index contributed by atoms with van der Waals surface area (Å²) in [5.41, 5.74) is 7.15. The number of nitrogen functional groups attached to an aromatic ring is 1. The number of pyridine rings is 1. The van der Waals surface area contributed by atoms with Gasteiger partial charge in [-0.3, -0.25) is 4.90 Å². The van der Waals surface area contributed by atoms with Crippen molar-refractivity contribution in [3.63, 3.8) is 0 Å². The lowest BCUT2D eigenvalue weighted by molar-refractivity contribution is -0.0248. The van der Waals surface area contributed by atoms with Crippen LogP contribution in [0.5, 0.6) is 0 Å².